The van der Waals surface area contributed by atoms with Crippen LogP contribution < -0.4 is 9.47 Å². The van der Waals surface area contributed by atoms with E-state index in [1.807, 2.05) is 81.4 Å². The first-order chi connectivity index (χ1) is 16.1. The van der Waals surface area contributed by atoms with Crippen LogP contribution in [0.5, 0.6) is 11.5 Å². The predicted molar refractivity (Wildman–Crippen MR) is 131 cm³/mol. The van der Waals surface area contributed by atoms with Gasteiger partial charge in [-0.3, -0.25) is 0 Å². The molecule has 0 bridgehead atoms. The molecule has 0 saturated carbocycles. The van der Waals surface area contributed by atoms with E-state index < -0.39 is 0 Å². The minimum atomic E-state index is -0.328. The summed E-state index contributed by atoms with van der Waals surface area (Å²) in [5.74, 6) is 1.22. The van der Waals surface area contributed by atoms with E-state index >= 15 is 0 Å². The van der Waals surface area contributed by atoms with E-state index in [1.165, 1.54) is 5.56 Å². The molecule has 0 aliphatic rings. The Morgan fingerprint density at radius 2 is 1.58 bits per heavy atom. The van der Waals surface area contributed by atoms with Gasteiger partial charge >= 0.3 is 5.97 Å². The van der Waals surface area contributed by atoms with Gasteiger partial charge in [-0.1, -0.05) is 30.3 Å². The van der Waals surface area contributed by atoms with Crippen molar-refractivity contribution >= 4 is 16.9 Å². The molecule has 0 spiro atoms. The van der Waals surface area contributed by atoms with Crippen molar-refractivity contribution in [2.24, 2.45) is 0 Å². The third-order valence-corrected chi connectivity index (χ3v) is 5.56. The molecule has 5 nitrogen and oxygen atoms in total. The Bertz CT molecular complexity index is 1230. The topological polar surface area (TPSA) is 49.7 Å². The van der Waals surface area contributed by atoms with E-state index in [2.05, 4.69) is 16.7 Å². The highest BCUT2D eigenvalue weighted by atomic mass is 16.5. The molecule has 0 aliphatic heterocycles. The third kappa shape index (κ3) is 4.87. The molecule has 0 aliphatic carbocycles. The molecular formula is C28H29NO4. The number of ether oxygens (including phenoxy) is 3. The monoisotopic (exact) mass is 443 g/mol. The number of fused-ring (bicyclic) bond motifs is 1. The Labute approximate surface area is 194 Å². The molecule has 0 amide bonds. The van der Waals surface area contributed by atoms with E-state index in [4.69, 9.17) is 14.2 Å². The van der Waals surface area contributed by atoms with Crippen LogP contribution in [0.25, 0.3) is 16.6 Å². The van der Waals surface area contributed by atoms with Gasteiger partial charge in [0.15, 0.2) is 0 Å². The molecule has 170 valence electrons. The molecule has 0 unspecified atom stereocenters. The first kappa shape index (κ1) is 22.5. The highest BCUT2D eigenvalue weighted by Crippen LogP contribution is 2.33. The Morgan fingerprint density at radius 3 is 2.27 bits per heavy atom. The fraction of sp³-hybridized carbons (Fsp3) is 0.250. The van der Waals surface area contributed by atoms with Crippen LogP contribution in [-0.4, -0.2) is 30.4 Å². The molecule has 1 heterocycles. The van der Waals surface area contributed by atoms with Gasteiger partial charge in [-0.15, -0.1) is 0 Å². The van der Waals surface area contributed by atoms with Crippen LogP contribution in [-0.2, 0) is 11.2 Å². The van der Waals surface area contributed by atoms with Crippen LogP contribution in [0.3, 0.4) is 0 Å². The predicted octanol–water partition coefficient (Wildman–Crippen LogP) is 6.14. The zero-order valence-corrected chi connectivity index (χ0v) is 19.3. The van der Waals surface area contributed by atoms with E-state index in [9.17, 15) is 4.79 Å². The summed E-state index contributed by atoms with van der Waals surface area (Å²) in [6, 6.07) is 24.0. The summed E-state index contributed by atoms with van der Waals surface area (Å²) in [6.45, 7) is 7.22. The smallest absolute Gasteiger partial charge is 0.340 e. The highest BCUT2D eigenvalue weighted by molar-refractivity contribution is 6.07. The second-order valence-corrected chi connectivity index (χ2v) is 7.71. The number of benzene rings is 3. The number of hydrogen-bond acceptors (Lipinski definition) is 4. The van der Waals surface area contributed by atoms with Gasteiger partial charge in [-0.25, -0.2) is 4.79 Å². The number of carbonyl (C=O) groups is 1. The van der Waals surface area contributed by atoms with Gasteiger partial charge in [0.25, 0.3) is 0 Å². The first-order valence-electron chi connectivity index (χ1n) is 11.3. The zero-order valence-electron chi connectivity index (χ0n) is 19.3. The van der Waals surface area contributed by atoms with E-state index in [-0.39, 0.29) is 5.97 Å². The molecule has 5 heteroatoms. The Hall–Kier alpha value is -3.73. The highest BCUT2D eigenvalue weighted by Gasteiger charge is 2.22. The third-order valence-electron chi connectivity index (χ3n) is 5.56. The van der Waals surface area contributed by atoms with Crippen LogP contribution in [0.1, 0.15) is 35.5 Å². The van der Waals surface area contributed by atoms with Crippen molar-refractivity contribution in [1.29, 1.82) is 0 Å². The Kier molecular flexibility index (Phi) is 6.98. The maximum absolute atomic E-state index is 12.9. The van der Waals surface area contributed by atoms with E-state index in [1.54, 1.807) is 0 Å². The van der Waals surface area contributed by atoms with Crippen molar-refractivity contribution in [1.82, 2.24) is 4.57 Å². The summed E-state index contributed by atoms with van der Waals surface area (Å²) in [7, 11) is 0. The van der Waals surface area contributed by atoms with Crippen molar-refractivity contribution in [3.05, 3.63) is 89.6 Å². The lowest BCUT2D eigenvalue weighted by Crippen LogP contribution is -2.07. The number of aromatic nitrogens is 1. The fourth-order valence-corrected chi connectivity index (χ4v) is 4.07. The summed E-state index contributed by atoms with van der Waals surface area (Å²) in [6.07, 6.45) is 0.815. The van der Waals surface area contributed by atoms with Gasteiger partial charge in [0, 0.05) is 23.2 Å². The van der Waals surface area contributed by atoms with E-state index in [0.29, 0.717) is 25.4 Å². The Balaban J connectivity index is 1.69. The lowest BCUT2D eigenvalue weighted by atomic mass is 10.1. The summed E-state index contributed by atoms with van der Waals surface area (Å²) in [4.78, 5) is 12.9. The summed E-state index contributed by atoms with van der Waals surface area (Å²) in [5.41, 5.74) is 4.50. The van der Waals surface area contributed by atoms with Gasteiger partial charge in [0.05, 0.1) is 30.9 Å². The maximum atomic E-state index is 12.9. The number of rotatable bonds is 9. The van der Waals surface area contributed by atoms with Gasteiger partial charge in [-0.05, 0) is 68.8 Å². The van der Waals surface area contributed by atoms with Crippen molar-refractivity contribution in [3.63, 3.8) is 0 Å². The molecule has 0 atom stereocenters. The van der Waals surface area contributed by atoms with Gasteiger partial charge in [0.2, 0.25) is 0 Å². The molecule has 4 rings (SSSR count). The largest absolute Gasteiger partial charge is 0.494 e. The van der Waals surface area contributed by atoms with Crippen molar-refractivity contribution < 1.29 is 19.0 Å². The molecule has 0 fully saturated rings. The lowest BCUT2D eigenvalue weighted by molar-refractivity contribution is 0.0527. The molecule has 3 aromatic carbocycles. The molecule has 0 saturated heterocycles. The summed E-state index contributed by atoms with van der Waals surface area (Å²) >= 11 is 0. The maximum Gasteiger partial charge on any atom is 0.340 e. The average molecular weight is 444 g/mol. The average Bonchev–Trinajstić information content (AvgIpc) is 3.12. The van der Waals surface area contributed by atoms with Crippen LogP contribution >= 0.6 is 0 Å². The number of carbonyl (C=O) groups excluding carboxylic acids is 1. The van der Waals surface area contributed by atoms with Crippen LogP contribution in [0, 0.1) is 6.92 Å². The number of hydrogen-bond donors (Lipinski definition) is 0. The minimum absolute atomic E-state index is 0.321. The van der Waals surface area contributed by atoms with Gasteiger partial charge < -0.3 is 18.8 Å². The van der Waals surface area contributed by atoms with Gasteiger partial charge in [-0.2, -0.15) is 0 Å². The van der Waals surface area contributed by atoms with Crippen LogP contribution in [0.2, 0.25) is 0 Å². The summed E-state index contributed by atoms with van der Waals surface area (Å²) in [5, 5.41) is 0.817. The second kappa shape index (κ2) is 10.3. The van der Waals surface area contributed by atoms with Crippen LogP contribution in [0.4, 0.5) is 0 Å². The van der Waals surface area contributed by atoms with Crippen molar-refractivity contribution in [3.8, 4) is 17.2 Å². The van der Waals surface area contributed by atoms with Crippen molar-refractivity contribution in [2.45, 2.75) is 27.2 Å². The molecule has 0 N–H and O–H groups in total. The standard InChI is InChI=1S/C28H29NO4/c1-4-31-23-13-11-22(12-14-23)29-20(3)27(28(30)32-5-2)25-19-24(15-16-26(25)29)33-18-17-21-9-7-6-8-10-21/h6-16,19H,4-5,17-18H2,1-3H3. The molecule has 33 heavy (non-hydrogen) atoms. The normalized spacial score (nSPS) is 10.9. The fourth-order valence-electron chi connectivity index (χ4n) is 4.07. The minimum Gasteiger partial charge on any atom is -0.494 e. The first-order valence-corrected chi connectivity index (χ1v) is 11.3. The quantitative estimate of drug-likeness (QED) is 0.292. The molecule has 4 aromatic rings. The Morgan fingerprint density at radius 1 is 0.848 bits per heavy atom. The number of esters is 1. The molecule has 0 radical (unpaired) electrons. The van der Waals surface area contributed by atoms with Gasteiger partial charge in [0.1, 0.15) is 11.5 Å². The second-order valence-electron chi connectivity index (χ2n) is 7.71. The van der Waals surface area contributed by atoms with Crippen molar-refractivity contribution in [2.75, 3.05) is 19.8 Å². The lowest BCUT2D eigenvalue weighted by Gasteiger charge is -2.11. The molecular weight excluding hydrogens is 414 g/mol. The summed E-state index contributed by atoms with van der Waals surface area (Å²) < 4.78 is 19.1. The molecule has 1 aromatic heterocycles. The van der Waals surface area contributed by atoms with E-state index in [0.717, 1.165) is 40.2 Å². The zero-order chi connectivity index (χ0) is 23.2. The van der Waals surface area contributed by atoms with Crippen LogP contribution in [0.15, 0.2) is 72.8 Å². The SMILES string of the molecule is CCOC(=O)c1c(C)n(-c2ccc(OCC)cc2)c2ccc(OCCc3ccccc3)cc12. The number of nitrogens with zero attached hydrogens (tertiary/aromatic N) is 1.